The highest BCUT2D eigenvalue weighted by molar-refractivity contribution is 5.85. The van der Waals surface area contributed by atoms with E-state index in [0.717, 1.165) is 25.3 Å². The third-order valence-electron chi connectivity index (χ3n) is 6.19. The van der Waals surface area contributed by atoms with Gasteiger partial charge in [0, 0.05) is 19.0 Å². The molecule has 1 heterocycles. The molecule has 0 aromatic rings. The Morgan fingerprint density at radius 2 is 1.76 bits per heavy atom. The van der Waals surface area contributed by atoms with Gasteiger partial charge < -0.3 is 10.6 Å². The molecule has 1 amide bonds. The summed E-state index contributed by atoms with van der Waals surface area (Å²) in [4.78, 5) is 15.1. The highest BCUT2D eigenvalue weighted by atomic mass is 35.5. The molecule has 0 aromatic heterocycles. The summed E-state index contributed by atoms with van der Waals surface area (Å²) in [5, 5.41) is 0. The molecule has 0 aromatic carbocycles. The van der Waals surface area contributed by atoms with Gasteiger partial charge in [-0.25, -0.2) is 0 Å². The normalized spacial score (nSPS) is 31.4. The molecule has 21 heavy (non-hydrogen) atoms. The lowest BCUT2D eigenvalue weighted by molar-refractivity contribution is -0.139. The summed E-state index contributed by atoms with van der Waals surface area (Å²) >= 11 is 0. The second kappa shape index (κ2) is 7.32. The number of carbonyl (C=O) groups is 1. The van der Waals surface area contributed by atoms with Crippen LogP contribution in [-0.4, -0.2) is 29.9 Å². The van der Waals surface area contributed by atoms with Gasteiger partial charge in [0.25, 0.3) is 0 Å². The number of carbonyl (C=O) groups excluding carboxylic acids is 1. The second-order valence-corrected chi connectivity index (χ2v) is 7.43. The number of halogens is 1. The van der Waals surface area contributed by atoms with E-state index in [1.54, 1.807) is 0 Å². The van der Waals surface area contributed by atoms with Gasteiger partial charge in [-0.2, -0.15) is 0 Å². The zero-order valence-corrected chi connectivity index (χ0v) is 14.0. The van der Waals surface area contributed by atoms with E-state index in [1.165, 1.54) is 51.4 Å². The molecular weight excluding hydrogens is 284 g/mol. The monoisotopic (exact) mass is 314 g/mol. The van der Waals surface area contributed by atoms with Crippen molar-refractivity contribution in [3.63, 3.8) is 0 Å². The summed E-state index contributed by atoms with van der Waals surface area (Å²) in [5.74, 6) is 1.21. The van der Waals surface area contributed by atoms with E-state index in [2.05, 4.69) is 4.90 Å². The molecule has 0 bridgehead atoms. The molecule has 2 atom stereocenters. The van der Waals surface area contributed by atoms with E-state index >= 15 is 0 Å². The fourth-order valence-corrected chi connectivity index (χ4v) is 4.94. The van der Waals surface area contributed by atoms with Gasteiger partial charge in [0.1, 0.15) is 0 Å². The van der Waals surface area contributed by atoms with Crippen molar-refractivity contribution in [1.29, 1.82) is 0 Å². The first kappa shape index (κ1) is 17.1. The number of fused-ring (bicyclic) bond motifs is 1. The van der Waals surface area contributed by atoms with Crippen LogP contribution >= 0.6 is 12.4 Å². The van der Waals surface area contributed by atoms with Crippen molar-refractivity contribution in [1.82, 2.24) is 4.90 Å². The first-order chi connectivity index (χ1) is 9.74. The lowest BCUT2D eigenvalue weighted by Crippen LogP contribution is -2.48. The number of hydrogen-bond donors (Lipinski definition) is 1. The van der Waals surface area contributed by atoms with E-state index in [1.807, 2.05) is 0 Å². The fourth-order valence-electron chi connectivity index (χ4n) is 4.94. The fraction of sp³-hybridized carbons (Fsp3) is 0.941. The summed E-state index contributed by atoms with van der Waals surface area (Å²) < 4.78 is 0. The molecule has 3 aliphatic rings. The van der Waals surface area contributed by atoms with Gasteiger partial charge in [-0.1, -0.05) is 25.7 Å². The molecule has 4 heteroatoms. The first-order valence-corrected chi connectivity index (χ1v) is 8.74. The predicted octanol–water partition coefficient (Wildman–Crippen LogP) is 3.50. The first-order valence-electron chi connectivity index (χ1n) is 8.74. The van der Waals surface area contributed by atoms with Crippen molar-refractivity contribution in [3.05, 3.63) is 0 Å². The van der Waals surface area contributed by atoms with Gasteiger partial charge in [0.2, 0.25) is 5.91 Å². The average Bonchev–Trinajstić information content (AvgIpc) is 2.96. The van der Waals surface area contributed by atoms with Crippen LogP contribution in [0.1, 0.15) is 70.6 Å². The van der Waals surface area contributed by atoms with Crippen molar-refractivity contribution in [3.8, 4) is 0 Å². The van der Waals surface area contributed by atoms with Crippen LogP contribution in [0.15, 0.2) is 0 Å². The van der Waals surface area contributed by atoms with Crippen LogP contribution in [0, 0.1) is 11.3 Å². The maximum Gasteiger partial charge on any atom is 0.223 e. The SMILES string of the molecule is Cl.NCC1(CC(=O)N2CCCC3CCCC32)CCCCC1. The quantitative estimate of drug-likeness (QED) is 0.866. The Labute approximate surface area is 135 Å². The summed E-state index contributed by atoms with van der Waals surface area (Å²) in [6.07, 6.45) is 13.3. The van der Waals surface area contributed by atoms with Crippen molar-refractivity contribution >= 4 is 18.3 Å². The summed E-state index contributed by atoms with van der Waals surface area (Å²) in [6, 6.07) is 0.565. The standard InChI is InChI=1S/C17H30N2O.ClH/c18-13-17(9-2-1-3-10-17)12-16(20)19-11-5-7-14-6-4-8-15(14)19;/h14-15H,1-13,18H2;1H. The number of likely N-dealkylation sites (tertiary alicyclic amines) is 1. The topological polar surface area (TPSA) is 46.3 Å². The maximum absolute atomic E-state index is 12.8. The minimum atomic E-state index is 0. The molecule has 1 aliphatic heterocycles. The zero-order chi connectivity index (χ0) is 14.0. The van der Waals surface area contributed by atoms with Gasteiger partial charge in [0.15, 0.2) is 0 Å². The molecule has 122 valence electrons. The van der Waals surface area contributed by atoms with Crippen LogP contribution < -0.4 is 5.73 Å². The van der Waals surface area contributed by atoms with Crippen LogP contribution in [0.4, 0.5) is 0 Å². The molecule has 3 fully saturated rings. The molecule has 0 spiro atoms. The Morgan fingerprint density at radius 1 is 1.05 bits per heavy atom. The van der Waals surface area contributed by atoms with Gasteiger partial charge in [-0.05, 0) is 56.4 Å². The molecule has 3 rings (SSSR count). The Morgan fingerprint density at radius 3 is 2.48 bits per heavy atom. The van der Waals surface area contributed by atoms with Crippen LogP contribution in [0.3, 0.4) is 0 Å². The van der Waals surface area contributed by atoms with E-state index in [4.69, 9.17) is 5.73 Å². The molecule has 2 saturated carbocycles. The zero-order valence-electron chi connectivity index (χ0n) is 13.2. The molecule has 2 N–H and O–H groups in total. The van der Waals surface area contributed by atoms with E-state index in [9.17, 15) is 4.79 Å². The lowest BCUT2D eigenvalue weighted by Gasteiger charge is -2.42. The molecule has 3 nitrogen and oxygen atoms in total. The van der Waals surface area contributed by atoms with Crippen molar-refractivity contribution in [2.75, 3.05) is 13.1 Å². The molecule has 2 aliphatic carbocycles. The molecule has 2 unspecified atom stereocenters. The van der Waals surface area contributed by atoms with Crippen LogP contribution in [-0.2, 0) is 4.79 Å². The average molecular weight is 315 g/mol. The number of piperidine rings is 1. The lowest BCUT2D eigenvalue weighted by atomic mass is 9.71. The number of amides is 1. The van der Waals surface area contributed by atoms with Crippen LogP contribution in [0.5, 0.6) is 0 Å². The number of nitrogens with two attached hydrogens (primary N) is 1. The van der Waals surface area contributed by atoms with Gasteiger partial charge in [0.05, 0.1) is 0 Å². The third kappa shape index (κ3) is 3.56. The highest BCUT2D eigenvalue weighted by Gasteiger charge is 2.40. The van der Waals surface area contributed by atoms with Crippen molar-refractivity contribution < 1.29 is 4.79 Å². The number of rotatable bonds is 3. The minimum Gasteiger partial charge on any atom is -0.339 e. The highest BCUT2D eigenvalue weighted by Crippen LogP contribution is 2.41. The van der Waals surface area contributed by atoms with Crippen LogP contribution in [0.2, 0.25) is 0 Å². The summed E-state index contributed by atoms with van der Waals surface area (Å²) in [6.45, 7) is 1.70. The number of nitrogens with zero attached hydrogens (tertiary/aromatic N) is 1. The van der Waals surface area contributed by atoms with Crippen LogP contribution in [0.25, 0.3) is 0 Å². The minimum absolute atomic E-state index is 0. The summed E-state index contributed by atoms with van der Waals surface area (Å²) in [5.41, 5.74) is 6.18. The third-order valence-corrected chi connectivity index (χ3v) is 6.19. The molecular formula is C17H31ClN2O. The maximum atomic E-state index is 12.8. The Hall–Kier alpha value is -0.280. The van der Waals surface area contributed by atoms with Crippen molar-refractivity contribution in [2.45, 2.75) is 76.7 Å². The second-order valence-electron chi connectivity index (χ2n) is 7.43. The number of hydrogen-bond acceptors (Lipinski definition) is 2. The molecule has 1 saturated heterocycles. The van der Waals surface area contributed by atoms with E-state index in [0.29, 0.717) is 24.9 Å². The molecule has 0 radical (unpaired) electrons. The van der Waals surface area contributed by atoms with Gasteiger partial charge in [-0.3, -0.25) is 4.79 Å². The Bertz CT molecular complexity index is 355. The van der Waals surface area contributed by atoms with E-state index in [-0.39, 0.29) is 17.8 Å². The smallest absolute Gasteiger partial charge is 0.223 e. The van der Waals surface area contributed by atoms with Crippen molar-refractivity contribution in [2.24, 2.45) is 17.1 Å². The largest absolute Gasteiger partial charge is 0.339 e. The Balaban J connectivity index is 0.00000161. The van der Waals surface area contributed by atoms with Gasteiger partial charge in [-0.15, -0.1) is 12.4 Å². The van der Waals surface area contributed by atoms with E-state index < -0.39 is 0 Å². The Kier molecular flexibility index (Phi) is 5.96. The predicted molar refractivity (Wildman–Crippen MR) is 88.5 cm³/mol. The van der Waals surface area contributed by atoms with Gasteiger partial charge >= 0.3 is 0 Å². The summed E-state index contributed by atoms with van der Waals surface area (Å²) in [7, 11) is 0.